The molecule has 1 aromatic rings. The van der Waals surface area contributed by atoms with E-state index in [4.69, 9.17) is 0 Å². The fourth-order valence-electron chi connectivity index (χ4n) is 3.06. The van der Waals surface area contributed by atoms with Gasteiger partial charge in [-0.3, -0.25) is 0 Å². The topological polar surface area (TPSA) is 44.3 Å². The molecule has 20 heavy (non-hydrogen) atoms. The molecule has 2 heterocycles. The first-order valence-corrected chi connectivity index (χ1v) is 7.44. The first kappa shape index (κ1) is 15.0. The maximum atomic E-state index is 4.68. The van der Waals surface area contributed by atoms with Crippen LogP contribution in [0.4, 0.5) is 11.6 Å². The van der Waals surface area contributed by atoms with E-state index in [-0.39, 0.29) is 0 Å². The van der Waals surface area contributed by atoms with Gasteiger partial charge in [-0.05, 0) is 40.8 Å². The van der Waals surface area contributed by atoms with Gasteiger partial charge in [-0.2, -0.15) is 0 Å². The van der Waals surface area contributed by atoms with Gasteiger partial charge in [0.1, 0.15) is 17.5 Å². The third-order valence-corrected chi connectivity index (χ3v) is 4.11. The molecule has 1 aliphatic heterocycles. The van der Waals surface area contributed by atoms with Crippen LogP contribution in [0, 0.1) is 19.8 Å². The summed E-state index contributed by atoms with van der Waals surface area (Å²) in [6.45, 7) is 11.5. The fourth-order valence-corrected chi connectivity index (χ4v) is 3.06. The number of anilines is 2. The Morgan fingerprint density at radius 1 is 1.25 bits per heavy atom. The summed E-state index contributed by atoms with van der Waals surface area (Å²) in [7, 11) is 4.32. The van der Waals surface area contributed by atoms with E-state index in [1.54, 1.807) is 0 Å². The van der Waals surface area contributed by atoms with Crippen molar-refractivity contribution in [3.8, 4) is 0 Å². The first-order valence-electron chi connectivity index (χ1n) is 7.44. The largest absolute Gasteiger partial charge is 0.370 e. The van der Waals surface area contributed by atoms with E-state index in [0.29, 0.717) is 12.0 Å². The second kappa shape index (κ2) is 5.95. The molecule has 5 heteroatoms. The Hall–Kier alpha value is -1.36. The Bertz CT molecular complexity index is 472. The highest BCUT2D eigenvalue weighted by atomic mass is 15.3. The van der Waals surface area contributed by atoms with Crippen molar-refractivity contribution in [2.45, 2.75) is 33.7 Å². The molecule has 0 spiro atoms. The van der Waals surface area contributed by atoms with E-state index in [1.807, 2.05) is 6.92 Å². The van der Waals surface area contributed by atoms with Crippen LogP contribution >= 0.6 is 0 Å². The Morgan fingerprint density at radius 3 is 2.50 bits per heavy atom. The maximum Gasteiger partial charge on any atom is 0.137 e. The lowest BCUT2D eigenvalue weighted by Gasteiger charge is -2.24. The molecule has 1 saturated heterocycles. The van der Waals surface area contributed by atoms with Crippen molar-refractivity contribution in [2.75, 3.05) is 43.9 Å². The minimum absolute atomic E-state index is 0.590. The van der Waals surface area contributed by atoms with Gasteiger partial charge in [-0.25, -0.2) is 9.97 Å². The molecule has 2 atom stereocenters. The van der Waals surface area contributed by atoms with Crippen molar-refractivity contribution < 1.29 is 0 Å². The van der Waals surface area contributed by atoms with Crippen LogP contribution in [0.5, 0.6) is 0 Å². The average molecular weight is 277 g/mol. The number of nitrogens with zero attached hydrogens (tertiary/aromatic N) is 4. The van der Waals surface area contributed by atoms with Crippen LogP contribution < -0.4 is 10.2 Å². The molecule has 0 aliphatic carbocycles. The molecular formula is C15H27N5. The van der Waals surface area contributed by atoms with E-state index in [2.05, 4.69) is 60.0 Å². The van der Waals surface area contributed by atoms with Crippen LogP contribution in [0.2, 0.25) is 0 Å². The van der Waals surface area contributed by atoms with Gasteiger partial charge in [0, 0.05) is 31.2 Å². The number of nitrogens with one attached hydrogen (secondary N) is 1. The average Bonchev–Trinajstić information content (AvgIpc) is 2.76. The summed E-state index contributed by atoms with van der Waals surface area (Å²) in [4.78, 5) is 13.9. The highest BCUT2D eigenvalue weighted by Gasteiger charge is 2.32. The monoisotopic (exact) mass is 277 g/mol. The number of hydrogen-bond donors (Lipinski definition) is 1. The lowest BCUT2D eigenvalue weighted by molar-refractivity contribution is 0.266. The molecule has 0 saturated carbocycles. The number of likely N-dealkylation sites (N-methyl/N-ethyl adjacent to an activating group) is 1. The maximum absolute atomic E-state index is 4.68. The van der Waals surface area contributed by atoms with Crippen LogP contribution in [0.25, 0.3) is 0 Å². The number of rotatable bonds is 4. The third kappa shape index (κ3) is 2.87. The summed E-state index contributed by atoms with van der Waals surface area (Å²) in [5.41, 5.74) is 1.16. The molecule has 112 valence electrons. The molecule has 1 N–H and O–H groups in total. The second-order valence-corrected chi connectivity index (χ2v) is 6.01. The van der Waals surface area contributed by atoms with E-state index in [1.165, 1.54) is 0 Å². The smallest absolute Gasteiger partial charge is 0.137 e. The van der Waals surface area contributed by atoms with Gasteiger partial charge in [-0.15, -0.1) is 0 Å². The SMILES string of the molecule is CCNc1nc(C)nc(N2CC(C)C(N(C)C)C2)c1C. The van der Waals surface area contributed by atoms with E-state index in [9.17, 15) is 0 Å². The van der Waals surface area contributed by atoms with Gasteiger partial charge in [0.15, 0.2) is 0 Å². The summed E-state index contributed by atoms with van der Waals surface area (Å²) in [5.74, 6) is 3.55. The fraction of sp³-hybridized carbons (Fsp3) is 0.733. The lowest BCUT2D eigenvalue weighted by atomic mass is 10.1. The number of aryl methyl sites for hydroxylation is 1. The third-order valence-electron chi connectivity index (χ3n) is 4.11. The predicted molar refractivity (Wildman–Crippen MR) is 84.5 cm³/mol. The second-order valence-electron chi connectivity index (χ2n) is 6.01. The quantitative estimate of drug-likeness (QED) is 0.911. The molecule has 1 aromatic heterocycles. The van der Waals surface area contributed by atoms with E-state index < -0.39 is 0 Å². The normalized spacial score (nSPS) is 22.6. The highest BCUT2D eigenvalue weighted by molar-refractivity contribution is 5.59. The zero-order valence-corrected chi connectivity index (χ0v) is 13.6. The molecule has 0 aromatic carbocycles. The van der Waals surface area contributed by atoms with Crippen molar-refractivity contribution in [2.24, 2.45) is 5.92 Å². The summed E-state index contributed by atoms with van der Waals surface area (Å²) in [5, 5.41) is 3.34. The van der Waals surface area contributed by atoms with Gasteiger partial charge < -0.3 is 15.1 Å². The lowest BCUT2D eigenvalue weighted by Crippen LogP contribution is -2.34. The molecule has 1 fully saturated rings. The standard InChI is InChI=1S/C15H27N5/c1-7-16-14-11(3)15(18-12(4)17-14)20-8-10(2)13(9-20)19(5)6/h10,13H,7-9H2,1-6H3,(H,16,17,18). The zero-order valence-electron chi connectivity index (χ0n) is 13.6. The van der Waals surface area contributed by atoms with Gasteiger partial charge in [0.25, 0.3) is 0 Å². The van der Waals surface area contributed by atoms with E-state index in [0.717, 1.165) is 42.7 Å². The van der Waals surface area contributed by atoms with Gasteiger partial charge in [0.05, 0.1) is 0 Å². The predicted octanol–water partition coefficient (Wildman–Crippen LogP) is 1.91. The summed E-state index contributed by atoms with van der Waals surface area (Å²) < 4.78 is 0. The summed E-state index contributed by atoms with van der Waals surface area (Å²) in [6.07, 6.45) is 0. The molecule has 5 nitrogen and oxygen atoms in total. The van der Waals surface area contributed by atoms with Crippen molar-refractivity contribution in [1.82, 2.24) is 14.9 Å². The molecule has 0 amide bonds. The van der Waals surface area contributed by atoms with Crippen LogP contribution in [0.1, 0.15) is 25.2 Å². The van der Waals surface area contributed by atoms with Crippen LogP contribution in [0.15, 0.2) is 0 Å². The summed E-state index contributed by atoms with van der Waals surface area (Å²) in [6, 6.07) is 0.590. The van der Waals surface area contributed by atoms with E-state index >= 15 is 0 Å². The van der Waals surface area contributed by atoms with Crippen molar-refractivity contribution in [3.63, 3.8) is 0 Å². The Balaban J connectivity index is 2.29. The van der Waals surface area contributed by atoms with Gasteiger partial charge in [0.2, 0.25) is 0 Å². The molecule has 0 bridgehead atoms. The minimum Gasteiger partial charge on any atom is -0.370 e. The molecule has 2 unspecified atom stereocenters. The highest BCUT2D eigenvalue weighted by Crippen LogP contribution is 2.29. The molecule has 1 aliphatic rings. The molecular weight excluding hydrogens is 250 g/mol. The number of aromatic nitrogens is 2. The first-order chi connectivity index (χ1) is 9.43. The van der Waals surface area contributed by atoms with Crippen molar-refractivity contribution >= 4 is 11.6 Å². The number of hydrogen-bond acceptors (Lipinski definition) is 5. The Morgan fingerprint density at radius 2 is 1.95 bits per heavy atom. The molecule has 0 radical (unpaired) electrons. The summed E-state index contributed by atoms with van der Waals surface area (Å²) >= 11 is 0. The molecule has 2 rings (SSSR count). The van der Waals surface area contributed by atoms with Gasteiger partial charge >= 0.3 is 0 Å². The van der Waals surface area contributed by atoms with Gasteiger partial charge in [-0.1, -0.05) is 6.92 Å². The van der Waals surface area contributed by atoms with Crippen molar-refractivity contribution in [3.05, 3.63) is 11.4 Å². The zero-order chi connectivity index (χ0) is 14.9. The van der Waals surface area contributed by atoms with Crippen molar-refractivity contribution in [1.29, 1.82) is 0 Å². The van der Waals surface area contributed by atoms with Crippen LogP contribution in [-0.4, -0.2) is 54.6 Å². The van der Waals surface area contributed by atoms with Crippen LogP contribution in [0.3, 0.4) is 0 Å². The van der Waals surface area contributed by atoms with Crippen LogP contribution in [-0.2, 0) is 0 Å². The minimum atomic E-state index is 0.590. The Labute approximate surface area is 122 Å². The Kier molecular flexibility index (Phi) is 4.48.